The van der Waals surface area contributed by atoms with Crippen LogP contribution < -0.4 is 0 Å². The van der Waals surface area contributed by atoms with Gasteiger partial charge in [-0.3, -0.25) is 4.79 Å². The Morgan fingerprint density at radius 2 is 1.83 bits per heavy atom. The van der Waals surface area contributed by atoms with E-state index < -0.39 is 0 Å². The minimum Gasteiger partial charge on any atom is -0.393 e. The second-order valence-corrected chi connectivity index (χ2v) is 10.3. The van der Waals surface area contributed by atoms with Crippen LogP contribution in [-0.4, -0.2) is 17.0 Å². The van der Waals surface area contributed by atoms with Gasteiger partial charge in [0.15, 0.2) is 0 Å². The van der Waals surface area contributed by atoms with E-state index >= 15 is 0 Å². The number of carbonyl (C=O) groups excluding carboxylic acids is 1. The lowest BCUT2D eigenvalue weighted by Gasteiger charge is -2.62. The van der Waals surface area contributed by atoms with Crippen molar-refractivity contribution in [2.24, 2.45) is 40.4 Å². The fraction of sp³-hybridized carbons (Fsp3) is 0.955. The number of Topliss-reactive ketones (excluding diaryl/α,β-unsaturated/α-hetero) is 1. The molecule has 0 saturated heterocycles. The van der Waals surface area contributed by atoms with Crippen molar-refractivity contribution in [2.45, 2.75) is 90.1 Å². The third-order valence-corrected chi connectivity index (χ3v) is 9.81. The van der Waals surface area contributed by atoms with E-state index in [0.29, 0.717) is 22.5 Å². The van der Waals surface area contributed by atoms with Crippen LogP contribution in [0.4, 0.5) is 0 Å². The van der Waals surface area contributed by atoms with Crippen LogP contribution in [0.15, 0.2) is 0 Å². The van der Waals surface area contributed by atoms with Crippen LogP contribution >= 0.6 is 0 Å². The van der Waals surface area contributed by atoms with Crippen molar-refractivity contribution in [1.82, 2.24) is 0 Å². The maximum Gasteiger partial charge on any atom is 0.136 e. The number of hydrogen-bond acceptors (Lipinski definition) is 2. The van der Waals surface area contributed by atoms with Crippen molar-refractivity contribution in [1.29, 1.82) is 0 Å². The van der Waals surface area contributed by atoms with Crippen LogP contribution in [0.1, 0.15) is 84.0 Å². The molecule has 0 heterocycles. The van der Waals surface area contributed by atoms with Crippen molar-refractivity contribution >= 4 is 5.78 Å². The normalized spacial score (nSPS) is 56.8. The summed E-state index contributed by atoms with van der Waals surface area (Å²) in [6.45, 7) is 2.57. The van der Waals surface area contributed by atoms with Gasteiger partial charge in [0, 0.05) is 12.3 Å². The number of hydrogen-bond donors (Lipinski definition) is 1. The number of aliphatic hydroxyl groups is 1. The SMILES string of the molecule is C[C@]12CC[C@@H](O)C[C@@H]1CC[C@H]1[C@@H]3CCC4C(=O)CCC[C@@]43CC[C@@H]12. The number of carbonyl (C=O) groups is 1. The molecule has 2 nitrogen and oxygen atoms in total. The lowest BCUT2D eigenvalue weighted by molar-refractivity contribution is -0.149. The minimum absolute atomic E-state index is 0.0404. The molecular formula is C22H34O2. The molecule has 0 bridgehead atoms. The number of fused-ring (bicyclic) bond motifs is 4. The lowest BCUT2D eigenvalue weighted by atomic mass is 9.43. The predicted octanol–water partition coefficient (Wildman–Crippen LogP) is 4.74. The summed E-state index contributed by atoms with van der Waals surface area (Å²) in [5.74, 6) is 4.39. The molecule has 5 saturated carbocycles. The van der Waals surface area contributed by atoms with Gasteiger partial charge in [0.05, 0.1) is 6.10 Å². The highest BCUT2D eigenvalue weighted by Gasteiger charge is 2.63. The summed E-state index contributed by atoms with van der Waals surface area (Å²) < 4.78 is 0. The summed E-state index contributed by atoms with van der Waals surface area (Å²) in [5.41, 5.74) is 0.883. The predicted molar refractivity (Wildman–Crippen MR) is 94.4 cm³/mol. The van der Waals surface area contributed by atoms with Gasteiger partial charge in [-0.25, -0.2) is 0 Å². The third kappa shape index (κ3) is 1.95. The molecule has 8 atom stereocenters. The van der Waals surface area contributed by atoms with Crippen LogP contribution in [0.5, 0.6) is 0 Å². The van der Waals surface area contributed by atoms with E-state index in [0.717, 1.165) is 49.4 Å². The Hall–Kier alpha value is -0.370. The number of rotatable bonds is 0. The van der Waals surface area contributed by atoms with Crippen LogP contribution in [0.25, 0.3) is 0 Å². The molecule has 24 heavy (non-hydrogen) atoms. The summed E-state index contributed by atoms with van der Waals surface area (Å²) in [7, 11) is 0. The topological polar surface area (TPSA) is 37.3 Å². The van der Waals surface area contributed by atoms with Crippen molar-refractivity contribution in [3.05, 3.63) is 0 Å². The molecule has 5 rings (SSSR count). The Morgan fingerprint density at radius 3 is 2.71 bits per heavy atom. The van der Waals surface area contributed by atoms with E-state index in [2.05, 4.69) is 6.92 Å². The van der Waals surface area contributed by atoms with E-state index in [4.69, 9.17) is 0 Å². The maximum absolute atomic E-state index is 12.6. The molecule has 0 aromatic heterocycles. The average molecular weight is 331 g/mol. The fourth-order valence-electron chi connectivity index (χ4n) is 8.78. The van der Waals surface area contributed by atoms with Gasteiger partial charge in [-0.2, -0.15) is 0 Å². The van der Waals surface area contributed by atoms with Gasteiger partial charge in [0.2, 0.25) is 0 Å². The summed E-state index contributed by atoms with van der Waals surface area (Å²) in [4.78, 5) is 12.6. The zero-order valence-corrected chi connectivity index (χ0v) is 15.3. The van der Waals surface area contributed by atoms with E-state index in [1.54, 1.807) is 0 Å². The van der Waals surface area contributed by atoms with Crippen molar-refractivity contribution in [3.63, 3.8) is 0 Å². The molecule has 1 unspecified atom stereocenters. The summed E-state index contributed by atoms with van der Waals surface area (Å²) >= 11 is 0. The van der Waals surface area contributed by atoms with E-state index in [1.165, 1.54) is 51.4 Å². The molecular weight excluding hydrogens is 296 g/mol. The Bertz CT molecular complexity index is 542. The minimum atomic E-state index is -0.0404. The molecule has 0 aromatic carbocycles. The molecule has 5 fully saturated rings. The number of aliphatic hydroxyl groups excluding tert-OH is 1. The van der Waals surface area contributed by atoms with Crippen molar-refractivity contribution in [2.75, 3.05) is 0 Å². The summed E-state index contributed by atoms with van der Waals surface area (Å²) in [5, 5.41) is 10.2. The molecule has 5 aliphatic carbocycles. The van der Waals surface area contributed by atoms with E-state index in [9.17, 15) is 9.90 Å². The number of ketones is 1. The molecule has 2 heteroatoms. The third-order valence-electron chi connectivity index (χ3n) is 9.81. The first-order chi connectivity index (χ1) is 11.5. The zero-order chi connectivity index (χ0) is 16.5. The summed E-state index contributed by atoms with van der Waals surface area (Å²) in [6, 6.07) is 0. The molecule has 0 aromatic rings. The maximum atomic E-state index is 12.6. The molecule has 1 spiro atoms. The molecule has 134 valence electrons. The Morgan fingerprint density at radius 1 is 0.958 bits per heavy atom. The first-order valence-electron chi connectivity index (χ1n) is 10.8. The molecule has 5 aliphatic rings. The summed E-state index contributed by atoms with van der Waals surface area (Å²) in [6.07, 6.45) is 14.6. The van der Waals surface area contributed by atoms with Gasteiger partial charge in [-0.1, -0.05) is 6.92 Å². The van der Waals surface area contributed by atoms with Gasteiger partial charge < -0.3 is 5.11 Å². The second kappa shape index (κ2) is 5.32. The molecule has 0 aliphatic heterocycles. The highest BCUT2D eigenvalue weighted by atomic mass is 16.3. The fourth-order valence-corrected chi connectivity index (χ4v) is 8.78. The Kier molecular flexibility index (Phi) is 3.51. The van der Waals surface area contributed by atoms with Crippen LogP contribution in [-0.2, 0) is 4.79 Å². The van der Waals surface area contributed by atoms with Crippen molar-refractivity contribution < 1.29 is 9.90 Å². The van der Waals surface area contributed by atoms with Crippen LogP contribution in [0, 0.1) is 40.4 Å². The standard InChI is InChI=1S/C22H34O2/c1-21-11-8-15(23)13-14(21)4-5-16-17(21)9-12-22-10-2-3-20(24)19(22)7-6-18(16)22/h14-19,23H,2-13H2,1H3/t14-,15+,16+,17-,18-,19?,21-,22-/m0/s1. The van der Waals surface area contributed by atoms with Gasteiger partial charge in [0.1, 0.15) is 5.78 Å². The van der Waals surface area contributed by atoms with Gasteiger partial charge >= 0.3 is 0 Å². The monoisotopic (exact) mass is 330 g/mol. The van der Waals surface area contributed by atoms with Crippen molar-refractivity contribution in [3.8, 4) is 0 Å². The average Bonchev–Trinajstić information content (AvgIpc) is 2.96. The van der Waals surface area contributed by atoms with Gasteiger partial charge in [-0.05, 0) is 105 Å². The van der Waals surface area contributed by atoms with Crippen LogP contribution in [0.2, 0.25) is 0 Å². The van der Waals surface area contributed by atoms with Crippen LogP contribution in [0.3, 0.4) is 0 Å². The van der Waals surface area contributed by atoms with E-state index in [1.807, 2.05) is 0 Å². The zero-order valence-electron chi connectivity index (χ0n) is 15.3. The molecule has 0 amide bonds. The van der Waals surface area contributed by atoms with Gasteiger partial charge in [0.25, 0.3) is 0 Å². The quantitative estimate of drug-likeness (QED) is 0.696. The lowest BCUT2D eigenvalue weighted by Crippen LogP contribution is -2.55. The van der Waals surface area contributed by atoms with E-state index in [-0.39, 0.29) is 6.10 Å². The van der Waals surface area contributed by atoms with Gasteiger partial charge in [-0.15, -0.1) is 0 Å². The second-order valence-electron chi connectivity index (χ2n) is 10.3. The first kappa shape index (κ1) is 15.9. The smallest absolute Gasteiger partial charge is 0.136 e. The Labute approximate surface area is 146 Å². The molecule has 1 N–H and O–H groups in total. The highest BCUT2D eigenvalue weighted by molar-refractivity contribution is 5.83. The highest BCUT2D eigenvalue weighted by Crippen LogP contribution is 2.69. The largest absolute Gasteiger partial charge is 0.393 e. The Balaban J connectivity index is 1.46. The first-order valence-corrected chi connectivity index (χ1v) is 10.8. The molecule has 0 radical (unpaired) electrons.